The number of halogens is 1. The van der Waals surface area contributed by atoms with Gasteiger partial charge in [-0.2, -0.15) is 16.9 Å². The maximum absolute atomic E-state index is 12.1. The minimum Gasteiger partial charge on any atom is -0.349 e. The van der Waals surface area contributed by atoms with E-state index in [9.17, 15) is 4.79 Å². The van der Waals surface area contributed by atoms with Crippen LogP contribution in [0.5, 0.6) is 0 Å². The monoisotopic (exact) mass is 329 g/mol. The molecule has 0 fully saturated rings. The zero-order valence-electron chi connectivity index (χ0n) is 12.2. The molecule has 4 N–H and O–H groups in total. The number of carbonyl (C=O) groups excluding carboxylic acids is 1. The summed E-state index contributed by atoms with van der Waals surface area (Å²) in [6.07, 6.45) is 3.63. The molecular formula is C13H20ClN5OS. The second-order valence-electron chi connectivity index (χ2n) is 5.08. The van der Waals surface area contributed by atoms with E-state index < -0.39 is 6.04 Å². The summed E-state index contributed by atoms with van der Waals surface area (Å²) in [5.74, 6) is -0.170. The highest BCUT2D eigenvalue weighted by Crippen LogP contribution is 2.24. The number of fused-ring (bicyclic) bond motifs is 1. The Labute approximate surface area is 134 Å². The summed E-state index contributed by atoms with van der Waals surface area (Å²) in [6, 6.07) is 3.19. The van der Waals surface area contributed by atoms with Crippen LogP contribution in [0.4, 0.5) is 0 Å². The fourth-order valence-electron chi connectivity index (χ4n) is 1.77. The Balaban J connectivity index is 0.00000220. The third kappa shape index (κ3) is 3.87. The van der Waals surface area contributed by atoms with Crippen molar-refractivity contribution in [1.82, 2.24) is 20.5 Å². The van der Waals surface area contributed by atoms with Crippen LogP contribution in [0.1, 0.15) is 19.5 Å². The van der Waals surface area contributed by atoms with E-state index in [4.69, 9.17) is 5.73 Å². The predicted molar refractivity (Wildman–Crippen MR) is 88.6 cm³/mol. The molecule has 0 bridgehead atoms. The van der Waals surface area contributed by atoms with Crippen molar-refractivity contribution >= 4 is 41.1 Å². The van der Waals surface area contributed by atoms with E-state index in [1.54, 1.807) is 18.0 Å². The van der Waals surface area contributed by atoms with Crippen LogP contribution in [0.2, 0.25) is 0 Å². The molecule has 0 saturated heterocycles. The highest BCUT2D eigenvalue weighted by atomic mass is 35.5. The van der Waals surface area contributed by atoms with Gasteiger partial charge in [0.1, 0.15) is 0 Å². The smallest absolute Gasteiger partial charge is 0.238 e. The molecule has 0 aliphatic carbocycles. The van der Waals surface area contributed by atoms with Crippen molar-refractivity contribution in [2.24, 2.45) is 5.73 Å². The quantitative estimate of drug-likeness (QED) is 0.771. The number of amides is 1. The average Bonchev–Trinajstić information content (AvgIpc) is 2.87. The fourth-order valence-corrected chi connectivity index (χ4v) is 2.13. The first-order valence-corrected chi connectivity index (χ1v) is 7.54. The maximum Gasteiger partial charge on any atom is 0.238 e. The van der Waals surface area contributed by atoms with Gasteiger partial charge in [0.05, 0.1) is 18.3 Å². The van der Waals surface area contributed by atoms with Crippen LogP contribution in [0, 0.1) is 0 Å². The molecule has 0 unspecified atom stereocenters. The van der Waals surface area contributed by atoms with E-state index in [-0.39, 0.29) is 23.1 Å². The summed E-state index contributed by atoms with van der Waals surface area (Å²) in [5, 5.41) is 10.7. The van der Waals surface area contributed by atoms with E-state index in [0.717, 1.165) is 11.1 Å². The molecule has 0 saturated carbocycles. The Morgan fingerprint density at radius 3 is 2.95 bits per heavy atom. The topological polar surface area (TPSA) is 96.7 Å². The van der Waals surface area contributed by atoms with Crippen molar-refractivity contribution in [2.75, 3.05) is 6.26 Å². The molecule has 21 heavy (non-hydrogen) atoms. The van der Waals surface area contributed by atoms with Gasteiger partial charge in [-0.15, -0.1) is 12.4 Å². The second-order valence-corrected chi connectivity index (χ2v) is 6.54. The summed E-state index contributed by atoms with van der Waals surface area (Å²) < 4.78 is -0.304. The van der Waals surface area contributed by atoms with E-state index in [0.29, 0.717) is 12.2 Å². The number of thioether (sulfide) groups is 1. The van der Waals surface area contributed by atoms with Crippen LogP contribution >= 0.6 is 24.2 Å². The van der Waals surface area contributed by atoms with Crippen molar-refractivity contribution in [2.45, 2.75) is 31.2 Å². The highest BCUT2D eigenvalue weighted by Gasteiger charge is 2.31. The zero-order chi connectivity index (χ0) is 14.8. The molecule has 1 atom stereocenters. The lowest BCUT2D eigenvalue weighted by molar-refractivity contribution is -0.123. The van der Waals surface area contributed by atoms with Gasteiger partial charge in [0.2, 0.25) is 5.91 Å². The van der Waals surface area contributed by atoms with Crippen molar-refractivity contribution in [3.63, 3.8) is 0 Å². The Hall–Kier alpha value is -1.31. The number of nitrogens with zero attached hydrogens (tertiary/aromatic N) is 2. The molecule has 2 aromatic rings. The second kappa shape index (κ2) is 7.11. The first-order valence-electron chi connectivity index (χ1n) is 6.32. The van der Waals surface area contributed by atoms with Crippen molar-refractivity contribution in [1.29, 1.82) is 0 Å². The van der Waals surface area contributed by atoms with Crippen molar-refractivity contribution in [3.05, 3.63) is 24.0 Å². The number of carbonyl (C=O) groups is 1. The van der Waals surface area contributed by atoms with Gasteiger partial charge < -0.3 is 11.1 Å². The predicted octanol–water partition coefficient (Wildman–Crippen LogP) is 1.46. The molecule has 0 aliphatic heterocycles. The Kier molecular flexibility index (Phi) is 6.00. The molecule has 0 aliphatic rings. The minimum absolute atomic E-state index is 0. The molecule has 0 aromatic carbocycles. The van der Waals surface area contributed by atoms with Gasteiger partial charge in [-0.25, -0.2) is 4.98 Å². The molecule has 2 aromatic heterocycles. The Morgan fingerprint density at radius 2 is 2.29 bits per heavy atom. The van der Waals surface area contributed by atoms with E-state index in [1.807, 2.05) is 32.2 Å². The van der Waals surface area contributed by atoms with Crippen LogP contribution in [0.3, 0.4) is 0 Å². The lowest BCUT2D eigenvalue weighted by Gasteiger charge is -2.28. The number of nitrogens with one attached hydrogen (secondary N) is 2. The standard InChI is InChI=1S/C13H19N5OS.ClH/c1-13(2,20-3)10(14)12(19)16-7-9-8-5-4-6-15-11(8)18-17-9;/h4-6,10H,7,14H2,1-3H3,(H,16,19)(H,15,17,18);1H/t10-;/m1./s1. The number of rotatable bonds is 5. The van der Waals surface area contributed by atoms with Gasteiger partial charge in [0, 0.05) is 16.3 Å². The van der Waals surface area contributed by atoms with Crippen LogP contribution in [0.25, 0.3) is 11.0 Å². The molecule has 0 spiro atoms. The zero-order valence-corrected chi connectivity index (χ0v) is 13.8. The summed E-state index contributed by atoms with van der Waals surface area (Å²) in [7, 11) is 0. The number of hydrogen-bond acceptors (Lipinski definition) is 5. The third-order valence-corrected chi connectivity index (χ3v) is 4.71. The van der Waals surface area contributed by atoms with Crippen LogP contribution in [0.15, 0.2) is 18.3 Å². The van der Waals surface area contributed by atoms with Crippen molar-refractivity contribution < 1.29 is 4.79 Å². The molecular weight excluding hydrogens is 310 g/mol. The van der Waals surface area contributed by atoms with Crippen LogP contribution in [-0.4, -0.2) is 38.1 Å². The third-order valence-electron chi connectivity index (χ3n) is 3.41. The first-order chi connectivity index (χ1) is 9.45. The molecule has 0 radical (unpaired) electrons. The van der Waals surface area contributed by atoms with Gasteiger partial charge in [0.25, 0.3) is 0 Å². The lowest BCUT2D eigenvalue weighted by atomic mass is 10.0. The largest absolute Gasteiger partial charge is 0.349 e. The molecule has 2 rings (SSSR count). The number of hydrogen-bond donors (Lipinski definition) is 3. The maximum atomic E-state index is 12.1. The van der Waals surface area contributed by atoms with Gasteiger partial charge in [0.15, 0.2) is 5.65 Å². The number of pyridine rings is 1. The molecule has 8 heteroatoms. The SMILES string of the molecule is CSC(C)(C)[C@H](N)C(=O)NCc1[nH]nc2ncccc12.Cl. The molecule has 116 valence electrons. The molecule has 2 heterocycles. The minimum atomic E-state index is -0.565. The lowest BCUT2D eigenvalue weighted by Crippen LogP contribution is -2.51. The number of H-pyrrole nitrogens is 1. The Bertz CT molecular complexity index is 615. The number of nitrogens with two attached hydrogens (primary N) is 1. The molecule has 1 amide bonds. The van der Waals surface area contributed by atoms with Crippen LogP contribution in [-0.2, 0) is 11.3 Å². The normalized spacial score (nSPS) is 12.8. The van der Waals surface area contributed by atoms with E-state index in [1.165, 1.54) is 0 Å². The van der Waals surface area contributed by atoms with E-state index >= 15 is 0 Å². The summed E-state index contributed by atoms with van der Waals surface area (Å²) >= 11 is 1.57. The van der Waals surface area contributed by atoms with Gasteiger partial charge in [-0.05, 0) is 32.2 Å². The number of aromatic amines is 1. The Morgan fingerprint density at radius 1 is 1.57 bits per heavy atom. The average molecular weight is 330 g/mol. The van der Waals surface area contributed by atoms with Crippen LogP contribution < -0.4 is 11.1 Å². The van der Waals surface area contributed by atoms with Gasteiger partial charge in [-0.3, -0.25) is 9.89 Å². The molecule has 6 nitrogen and oxygen atoms in total. The van der Waals surface area contributed by atoms with E-state index in [2.05, 4.69) is 20.5 Å². The van der Waals surface area contributed by atoms with Gasteiger partial charge >= 0.3 is 0 Å². The highest BCUT2D eigenvalue weighted by molar-refractivity contribution is 8.00. The van der Waals surface area contributed by atoms with Gasteiger partial charge in [-0.1, -0.05) is 0 Å². The summed E-state index contributed by atoms with van der Waals surface area (Å²) in [6.45, 7) is 4.27. The fraction of sp³-hybridized carbons (Fsp3) is 0.462. The first kappa shape index (κ1) is 17.7. The van der Waals surface area contributed by atoms with Crippen molar-refractivity contribution in [3.8, 4) is 0 Å². The summed E-state index contributed by atoms with van der Waals surface area (Å²) in [5.41, 5.74) is 7.46. The number of aromatic nitrogens is 3. The summed E-state index contributed by atoms with van der Waals surface area (Å²) in [4.78, 5) is 16.2.